The Morgan fingerprint density at radius 2 is 1.68 bits per heavy atom. The number of sulfonamides is 1. The lowest BCUT2D eigenvalue weighted by Crippen LogP contribution is -2.19. The lowest BCUT2D eigenvalue weighted by Gasteiger charge is -2.11. The highest BCUT2D eigenvalue weighted by Gasteiger charge is 2.17. The van der Waals surface area contributed by atoms with Gasteiger partial charge in [-0.1, -0.05) is 17.7 Å². The zero-order chi connectivity index (χ0) is 16.3. The first kappa shape index (κ1) is 16.1. The predicted molar refractivity (Wildman–Crippen MR) is 86.6 cm³/mol. The second-order valence-corrected chi connectivity index (χ2v) is 6.67. The first-order valence-corrected chi connectivity index (χ1v) is 8.09. The van der Waals surface area contributed by atoms with E-state index in [-0.39, 0.29) is 4.90 Å². The average molecular weight is 340 g/mol. The number of carbonyl (C=O) groups is 1. The SMILES string of the molecule is Cc1ccc(Cl)cc1S(=O)(=O)Nc1ccc(NC(N)=O)cc1. The molecule has 0 unspecified atom stereocenters. The van der Waals surface area contributed by atoms with Gasteiger partial charge >= 0.3 is 6.03 Å². The fourth-order valence-electron chi connectivity index (χ4n) is 1.84. The minimum Gasteiger partial charge on any atom is -0.351 e. The third-order valence-electron chi connectivity index (χ3n) is 2.84. The van der Waals surface area contributed by atoms with Crippen molar-refractivity contribution < 1.29 is 13.2 Å². The molecule has 0 heterocycles. The van der Waals surface area contributed by atoms with E-state index >= 15 is 0 Å². The van der Waals surface area contributed by atoms with E-state index in [4.69, 9.17) is 17.3 Å². The van der Waals surface area contributed by atoms with Gasteiger partial charge in [-0.2, -0.15) is 0 Å². The molecule has 2 aromatic rings. The Hall–Kier alpha value is -2.25. The van der Waals surface area contributed by atoms with Gasteiger partial charge in [0.25, 0.3) is 10.0 Å². The lowest BCUT2D eigenvalue weighted by molar-refractivity contribution is 0.259. The van der Waals surface area contributed by atoms with Crippen molar-refractivity contribution >= 4 is 39.0 Å². The van der Waals surface area contributed by atoms with Gasteiger partial charge in [0, 0.05) is 16.4 Å². The summed E-state index contributed by atoms with van der Waals surface area (Å²) in [5, 5.41) is 2.73. The van der Waals surface area contributed by atoms with Crippen molar-refractivity contribution in [1.29, 1.82) is 0 Å². The molecule has 0 aliphatic heterocycles. The zero-order valence-corrected chi connectivity index (χ0v) is 13.2. The minimum absolute atomic E-state index is 0.110. The molecular formula is C14H14ClN3O3S. The molecule has 0 saturated carbocycles. The molecule has 8 heteroatoms. The molecule has 0 fully saturated rings. The number of halogens is 1. The molecule has 0 aliphatic carbocycles. The number of anilines is 2. The highest BCUT2D eigenvalue weighted by molar-refractivity contribution is 7.92. The summed E-state index contributed by atoms with van der Waals surface area (Å²) in [6.45, 7) is 1.69. The number of nitrogens with one attached hydrogen (secondary N) is 2. The van der Waals surface area contributed by atoms with Crippen LogP contribution in [0.2, 0.25) is 5.02 Å². The number of benzene rings is 2. The Labute approximate surface area is 133 Å². The van der Waals surface area contributed by atoms with E-state index in [1.165, 1.54) is 30.3 Å². The molecule has 2 rings (SSSR count). The Morgan fingerprint density at radius 3 is 2.27 bits per heavy atom. The van der Waals surface area contributed by atoms with Crippen LogP contribution < -0.4 is 15.8 Å². The van der Waals surface area contributed by atoms with E-state index in [1.54, 1.807) is 19.1 Å². The van der Waals surface area contributed by atoms with E-state index in [0.717, 1.165) is 0 Å². The van der Waals surface area contributed by atoms with Crippen LogP contribution in [0.5, 0.6) is 0 Å². The van der Waals surface area contributed by atoms with Crippen LogP contribution >= 0.6 is 11.6 Å². The van der Waals surface area contributed by atoms with Crippen LogP contribution in [0.15, 0.2) is 47.4 Å². The average Bonchev–Trinajstić information content (AvgIpc) is 2.43. The maximum absolute atomic E-state index is 12.4. The Kier molecular flexibility index (Phi) is 4.58. The number of aryl methyl sites for hydroxylation is 1. The molecule has 116 valence electrons. The van der Waals surface area contributed by atoms with Gasteiger partial charge in [0.15, 0.2) is 0 Å². The van der Waals surface area contributed by atoms with Gasteiger partial charge in [-0.3, -0.25) is 4.72 Å². The fraction of sp³-hybridized carbons (Fsp3) is 0.0714. The summed E-state index contributed by atoms with van der Waals surface area (Å²) in [4.78, 5) is 10.8. The molecule has 22 heavy (non-hydrogen) atoms. The molecule has 0 spiro atoms. The molecule has 2 aromatic carbocycles. The minimum atomic E-state index is -3.75. The molecule has 0 saturated heterocycles. The maximum Gasteiger partial charge on any atom is 0.316 e. The van der Waals surface area contributed by atoms with Crippen LogP contribution in [0.3, 0.4) is 0 Å². The van der Waals surface area contributed by atoms with Crippen LogP contribution in [0.4, 0.5) is 16.2 Å². The van der Waals surface area contributed by atoms with Crippen molar-refractivity contribution in [2.45, 2.75) is 11.8 Å². The van der Waals surface area contributed by atoms with Crippen LogP contribution in [-0.2, 0) is 10.0 Å². The second-order valence-electron chi connectivity index (χ2n) is 4.58. The Morgan fingerprint density at radius 1 is 1.09 bits per heavy atom. The number of nitrogens with two attached hydrogens (primary N) is 1. The number of amides is 2. The highest BCUT2D eigenvalue weighted by Crippen LogP contribution is 2.23. The van der Waals surface area contributed by atoms with Gasteiger partial charge in [0.2, 0.25) is 0 Å². The summed E-state index contributed by atoms with van der Waals surface area (Å²) in [5.74, 6) is 0. The molecule has 0 radical (unpaired) electrons. The van der Waals surface area contributed by atoms with Crippen molar-refractivity contribution in [3.8, 4) is 0 Å². The van der Waals surface area contributed by atoms with Gasteiger partial charge in [0.05, 0.1) is 4.90 Å². The third kappa shape index (κ3) is 3.90. The first-order valence-electron chi connectivity index (χ1n) is 6.23. The molecule has 0 atom stereocenters. The van der Waals surface area contributed by atoms with Crippen LogP contribution in [-0.4, -0.2) is 14.4 Å². The second kappa shape index (κ2) is 6.25. The number of urea groups is 1. The van der Waals surface area contributed by atoms with E-state index < -0.39 is 16.1 Å². The summed E-state index contributed by atoms with van der Waals surface area (Å²) in [7, 11) is -3.75. The van der Waals surface area contributed by atoms with Crippen LogP contribution in [0.1, 0.15) is 5.56 Å². The van der Waals surface area contributed by atoms with Gasteiger partial charge in [-0.15, -0.1) is 0 Å². The molecule has 2 amide bonds. The summed E-state index contributed by atoms with van der Waals surface area (Å²) in [5.41, 5.74) is 6.41. The summed E-state index contributed by atoms with van der Waals surface area (Å²) in [6, 6.07) is 10.1. The molecule has 0 aliphatic rings. The van der Waals surface area contributed by atoms with Gasteiger partial charge in [-0.25, -0.2) is 13.2 Å². The van der Waals surface area contributed by atoms with Crippen LogP contribution in [0, 0.1) is 6.92 Å². The molecule has 0 bridgehead atoms. The van der Waals surface area contributed by atoms with E-state index in [2.05, 4.69) is 10.0 Å². The normalized spacial score (nSPS) is 11.0. The van der Waals surface area contributed by atoms with E-state index in [0.29, 0.717) is 22.0 Å². The van der Waals surface area contributed by atoms with Crippen molar-refractivity contribution in [3.63, 3.8) is 0 Å². The fourth-order valence-corrected chi connectivity index (χ4v) is 3.40. The van der Waals surface area contributed by atoms with Crippen molar-refractivity contribution in [1.82, 2.24) is 0 Å². The van der Waals surface area contributed by atoms with Crippen molar-refractivity contribution in [3.05, 3.63) is 53.1 Å². The molecule has 6 nitrogen and oxygen atoms in total. The zero-order valence-electron chi connectivity index (χ0n) is 11.6. The molecule has 4 N–H and O–H groups in total. The summed E-state index contributed by atoms with van der Waals surface area (Å²) < 4.78 is 27.2. The van der Waals surface area contributed by atoms with Gasteiger partial charge in [-0.05, 0) is 48.9 Å². The highest BCUT2D eigenvalue weighted by atomic mass is 35.5. The largest absolute Gasteiger partial charge is 0.351 e. The number of rotatable bonds is 4. The maximum atomic E-state index is 12.4. The Balaban J connectivity index is 2.25. The van der Waals surface area contributed by atoms with Crippen LogP contribution in [0.25, 0.3) is 0 Å². The molecular weight excluding hydrogens is 326 g/mol. The lowest BCUT2D eigenvalue weighted by atomic mass is 10.2. The predicted octanol–water partition coefficient (Wildman–Crippen LogP) is 2.94. The number of hydrogen-bond acceptors (Lipinski definition) is 3. The van der Waals surface area contributed by atoms with Gasteiger partial charge in [0.1, 0.15) is 0 Å². The van der Waals surface area contributed by atoms with E-state index in [1.807, 2.05) is 0 Å². The quantitative estimate of drug-likeness (QED) is 0.798. The Bertz CT molecular complexity index is 805. The first-order chi connectivity index (χ1) is 10.3. The summed E-state index contributed by atoms with van der Waals surface area (Å²) >= 11 is 5.85. The standard InChI is InChI=1S/C14H14ClN3O3S/c1-9-2-3-10(15)8-13(9)22(20,21)18-12-6-4-11(5-7-12)17-14(16)19/h2-8,18H,1H3,(H3,16,17,19). The molecule has 0 aromatic heterocycles. The summed E-state index contributed by atoms with van der Waals surface area (Å²) in [6.07, 6.45) is 0. The monoisotopic (exact) mass is 339 g/mol. The van der Waals surface area contributed by atoms with Crippen molar-refractivity contribution in [2.75, 3.05) is 10.0 Å². The topological polar surface area (TPSA) is 101 Å². The third-order valence-corrected chi connectivity index (χ3v) is 4.60. The number of hydrogen-bond donors (Lipinski definition) is 3. The van der Waals surface area contributed by atoms with E-state index in [9.17, 15) is 13.2 Å². The van der Waals surface area contributed by atoms with Crippen molar-refractivity contribution in [2.24, 2.45) is 5.73 Å². The van der Waals surface area contributed by atoms with Gasteiger partial charge < -0.3 is 11.1 Å². The number of carbonyl (C=O) groups excluding carboxylic acids is 1. The smallest absolute Gasteiger partial charge is 0.316 e. The number of primary amides is 1.